The van der Waals surface area contributed by atoms with Crippen molar-refractivity contribution in [2.45, 2.75) is 32.6 Å². The van der Waals surface area contributed by atoms with Gasteiger partial charge in [-0.15, -0.1) is 0 Å². The second kappa shape index (κ2) is 6.46. The lowest BCUT2D eigenvalue weighted by Gasteiger charge is -2.24. The molecule has 0 radical (unpaired) electrons. The number of rotatable bonds is 5. The fraction of sp³-hybridized carbons (Fsp3) is 0.353. The minimum Gasteiger partial charge on any atom is -0.340 e. The van der Waals surface area contributed by atoms with E-state index in [1.165, 1.54) is 0 Å². The van der Waals surface area contributed by atoms with Gasteiger partial charge in [0.1, 0.15) is 0 Å². The number of anilines is 1. The Morgan fingerprint density at radius 2 is 1.96 bits per heavy atom. The van der Waals surface area contributed by atoms with Gasteiger partial charge in [-0.1, -0.05) is 28.5 Å². The van der Waals surface area contributed by atoms with E-state index in [9.17, 15) is 4.79 Å². The third kappa shape index (κ3) is 3.42. The summed E-state index contributed by atoms with van der Waals surface area (Å²) in [7, 11) is 0. The number of carbonyl (C=O) groups is 1. The number of aryl methyl sites for hydroxylation is 2. The quantitative estimate of drug-likeness (QED) is 0.758. The molecule has 3 aromatic rings. The van der Waals surface area contributed by atoms with E-state index in [1.54, 1.807) is 6.92 Å². The van der Waals surface area contributed by atoms with E-state index in [0.717, 1.165) is 17.7 Å². The van der Waals surface area contributed by atoms with Gasteiger partial charge in [0.25, 0.3) is 0 Å². The zero-order valence-corrected chi connectivity index (χ0v) is 13.7. The monoisotopic (exact) mass is 339 g/mol. The summed E-state index contributed by atoms with van der Waals surface area (Å²) in [4.78, 5) is 20.7. The van der Waals surface area contributed by atoms with Crippen LogP contribution >= 0.6 is 0 Å². The van der Waals surface area contributed by atoms with Crippen molar-refractivity contribution < 1.29 is 13.8 Å². The predicted octanol–water partition coefficient (Wildman–Crippen LogP) is 2.10. The van der Waals surface area contributed by atoms with Crippen molar-refractivity contribution >= 4 is 11.6 Å². The number of benzene rings is 1. The molecular formula is C17H17N5O3. The van der Waals surface area contributed by atoms with Gasteiger partial charge in [0.05, 0.1) is 6.42 Å². The molecule has 0 aliphatic carbocycles. The van der Waals surface area contributed by atoms with Gasteiger partial charge in [-0.05, 0) is 24.5 Å². The minimum absolute atomic E-state index is 0.0423. The Balaban J connectivity index is 1.36. The van der Waals surface area contributed by atoms with E-state index in [-0.39, 0.29) is 11.8 Å². The summed E-state index contributed by atoms with van der Waals surface area (Å²) in [5.41, 5.74) is 2.06. The lowest BCUT2D eigenvalue weighted by molar-refractivity contribution is -0.120. The average molecular weight is 339 g/mol. The smallest absolute Gasteiger partial charge is 0.227 e. The van der Waals surface area contributed by atoms with Crippen molar-refractivity contribution in [3.8, 4) is 0 Å². The molecule has 128 valence electrons. The normalized spacial score (nSPS) is 16.5. The van der Waals surface area contributed by atoms with Crippen LogP contribution in [0.2, 0.25) is 0 Å². The number of nitrogens with zero attached hydrogens (tertiary/aromatic N) is 4. The molecule has 8 nitrogen and oxygen atoms in total. The van der Waals surface area contributed by atoms with Crippen LogP contribution < -0.4 is 5.32 Å². The van der Waals surface area contributed by atoms with Gasteiger partial charge in [-0.3, -0.25) is 4.79 Å². The van der Waals surface area contributed by atoms with Crippen molar-refractivity contribution in [3.63, 3.8) is 0 Å². The molecule has 1 aromatic carbocycles. The van der Waals surface area contributed by atoms with E-state index in [1.807, 2.05) is 24.3 Å². The lowest BCUT2D eigenvalue weighted by atomic mass is 9.90. The molecule has 25 heavy (non-hydrogen) atoms. The summed E-state index contributed by atoms with van der Waals surface area (Å²) in [5.74, 6) is 2.00. The van der Waals surface area contributed by atoms with E-state index < -0.39 is 0 Å². The largest absolute Gasteiger partial charge is 0.340 e. The molecule has 1 aliphatic heterocycles. The van der Waals surface area contributed by atoms with Crippen LogP contribution in [0.15, 0.2) is 33.3 Å². The first-order valence-corrected chi connectivity index (χ1v) is 8.17. The maximum Gasteiger partial charge on any atom is 0.227 e. The van der Waals surface area contributed by atoms with Gasteiger partial charge in [0.15, 0.2) is 11.6 Å². The Hall–Kier alpha value is -3.03. The van der Waals surface area contributed by atoms with Crippen molar-refractivity contribution in [1.29, 1.82) is 0 Å². The van der Waals surface area contributed by atoms with Crippen molar-refractivity contribution in [3.05, 3.63) is 53.3 Å². The van der Waals surface area contributed by atoms with Gasteiger partial charge >= 0.3 is 0 Å². The fourth-order valence-electron chi connectivity index (χ4n) is 2.96. The number of hydrogen-bond donors (Lipinski definition) is 1. The third-order valence-electron chi connectivity index (χ3n) is 4.22. The highest BCUT2D eigenvalue weighted by Crippen LogP contribution is 2.27. The van der Waals surface area contributed by atoms with Crippen LogP contribution in [0.25, 0.3) is 0 Å². The minimum atomic E-state index is -0.0925. The molecule has 0 fully saturated rings. The van der Waals surface area contributed by atoms with Gasteiger partial charge in [0, 0.05) is 24.9 Å². The second-order valence-electron chi connectivity index (χ2n) is 6.10. The Labute approximate surface area is 143 Å². The van der Waals surface area contributed by atoms with Crippen LogP contribution in [0.5, 0.6) is 0 Å². The molecule has 2 aromatic heterocycles. The molecule has 0 spiro atoms. The van der Waals surface area contributed by atoms with Crippen molar-refractivity contribution in [1.82, 2.24) is 20.3 Å². The van der Waals surface area contributed by atoms with E-state index in [0.29, 0.717) is 42.7 Å². The average Bonchev–Trinajstić information content (AvgIpc) is 3.22. The van der Waals surface area contributed by atoms with Gasteiger partial charge in [0.2, 0.25) is 17.7 Å². The van der Waals surface area contributed by atoms with Crippen molar-refractivity contribution in [2.75, 3.05) is 5.32 Å². The number of hydrogen-bond acceptors (Lipinski definition) is 7. The topological polar surface area (TPSA) is 107 Å². The van der Waals surface area contributed by atoms with Gasteiger partial charge in [-0.2, -0.15) is 9.97 Å². The van der Waals surface area contributed by atoms with Crippen LogP contribution in [0, 0.1) is 12.8 Å². The summed E-state index contributed by atoms with van der Waals surface area (Å²) in [6.07, 6.45) is 2.30. The summed E-state index contributed by atoms with van der Waals surface area (Å²) in [6.45, 7) is 1.73. The molecule has 1 atom stereocenters. The Bertz CT molecular complexity index is 901. The van der Waals surface area contributed by atoms with Crippen LogP contribution in [0.3, 0.4) is 0 Å². The number of aromatic nitrogens is 4. The molecule has 1 aliphatic rings. The fourth-order valence-corrected chi connectivity index (χ4v) is 2.96. The summed E-state index contributed by atoms with van der Waals surface area (Å²) >= 11 is 0. The van der Waals surface area contributed by atoms with E-state index in [2.05, 4.69) is 25.6 Å². The molecule has 1 N–H and O–H groups in total. The highest BCUT2D eigenvalue weighted by atomic mass is 16.5. The Morgan fingerprint density at radius 1 is 1.16 bits per heavy atom. The molecule has 0 saturated heterocycles. The lowest BCUT2D eigenvalue weighted by Crippen LogP contribution is -2.30. The molecule has 0 bridgehead atoms. The zero-order valence-electron chi connectivity index (χ0n) is 13.7. The SMILES string of the molecule is Cc1nc(Cc2noc(CC[C@@H]3Cc4ccccc4NC3=O)n2)no1. The third-order valence-corrected chi connectivity index (χ3v) is 4.22. The Morgan fingerprint density at radius 3 is 2.80 bits per heavy atom. The van der Waals surface area contributed by atoms with Gasteiger partial charge in [-0.25, -0.2) is 0 Å². The number of para-hydroxylation sites is 1. The summed E-state index contributed by atoms with van der Waals surface area (Å²) in [5, 5.41) is 10.7. The first-order chi connectivity index (χ1) is 12.2. The maximum absolute atomic E-state index is 12.2. The molecular weight excluding hydrogens is 322 g/mol. The number of carbonyl (C=O) groups excluding carboxylic acids is 1. The van der Waals surface area contributed by atoms with Crippen molar-refractivity contribution in [2.24, 2.45) is 5.92 Å². The first-order valence-electron chi connectivity index (χ1n) is 8.17. The number of fused-ring (bicyclic) bond motifs is 1. The van der Waals surface area contributed by atoms with E-state index in [4.69, 9.17) is 9.05 Å². The summed E-state index contributed by atoms with van der Waals surface area (Å²) < 4.78 is 10.2. The highest BCUT2D eigenvalue weighted by Gasteiger charge is 2.26. The van der Waals surface area contributed by atoms with Crippen LogP contribution in [-0.4, -0.2) is 26.2 Å². The standard InChI is InChI=1S/C17H17N5O3/c1-10-18-14(21-24-10)9-15-20-16(25-22-15)7-6-12-8-11-4-2-3-5-13(11)19-17(12)23/h2-5,12H,6-9H2,1H3,(H,19,23)/t12-/m1/s1. The van der Waals surface area contributed by atoms with E-state index >= 15 is 0 Å². The molecule has 4 rings (SSSR count). The Kier molecular flexibility index (Phi) is 4.01. The molecule has 0 saturated carbocycles. The molecule has 8 heteroatoms. The maximum atomic E-state index is 12.2. The van der Waals surface area contributed by atoms with Crippen LogP contribution in [0.1, 0.15) is 35.4 Å². The van der Waals surface area contributed by atoms with Crippen LogP contribution in [-0.2, 0) is 24.1 Å². The highest BCUT2D eigenvalue weighted by molar-refractivity contribution is 5.95. The second-order valence-corrected chi connectivity index (χ2v) is 6.10. The predicted molar refractivity (Wildman–Crippen MR) is 86.7 cm³/mol. The van der Waals surface area contributed by atoms with Gasteiger partial charge < -0.3 is 14.4 Å². The summed E-state index contributed by atoms with van der Waals surface area (Å²) in [6, 6.07) is 7.87. The molecule has 0 unspecified atom stereocenters. The molecule has 1 amide bonds. The molecule has 3 heterocycles. The first kappa shape index (κ1) is 15.5. The number of nitrogens with one attached hydrogen (secondary N) is 1. The zero-order chi connectivity index (χ0) is 17.2. The number of amides is 1. The van der Waals surface area contributed by atoms with Crippen LogP contribution in [0.4, 0.5) is 5.69 Å².